The van der Waals surface area contributed by atoms with E-state index in [1.165, 1.54) is 6.07 Å². The van der Waals surface area contributed by atoms with E-state index in [2.05, 4.69) is 32.3 Å². The normalized spacial score (nSPS) is 16.4. The Kier molecular flexibility index (Phi) is 11.0. The van der Waals surface area contributed by atoms with Crippen LogP contribution in [0.25, 0.3) is 0 Å². The van der Waals surface area contributed by atoms with Crippen molar-refractivity contribution in [3.05, 3.63) is 35.6 Å². The summed E-state index contributed by atoms with van der Waals surface area (Å²) < 4.78 is 13.1. The van der Waals surface area contributed by atoms with Gasteiger partial charge in [-0.2, -0.15) is 0 Å². The van der Waals surface area contributed by atoms with Crippen LogP contribution in [0.3, 0.4) is 0 Å². The number of nitrogens with zero attached hydrogens (tertiary/aromatic N) is 3. The van der Waals surface area contributed by atoms with Crippen molar-refractivity contribution in [1.29, 1.82) is 0 Å². The molecule has 0 atom stereocenters. The van der Waals surface area contributed by atoms with Gasteiger partial charge in [0.1, 0.15) is 5.82 Å². The molecule has 0 radical (unpaired) electrons. The average Bonchev–Trinajstić information content (AvgIpc) is 2.61. The summed E-state index contributed by atoms with van der Waals surface area (Å²) in [7, 11) is 1.78. The summed E-state index contributed by atoms with van der Waals surface area (Å²) >= 11 is 0. The first kappa shape index (κ1) is 22.1. The Morgan fingerprint density at radius 2 is 1.80 bits per heavy atom. The zero-order chi connectivity index (χ0) is 17.2. The molecule has 1 aliphatic heterocycles. The largest absolute Gasteiger partial charge is 0.356 e. The lowest BCUT2D eigenvalue weighted by Crippen LogP contribution is -2.49. The molecule has 0 saturated carbocycles. The van der Waals surface area contributed by atoms with Crippen LogP contribution in [0.4, 0.5) is 4.39 Å². The Bertz CT molecular complexity index is 518. The number of aliphatic imine (C=N–C) groups is 1. The first-order chi connectivity index (χ1) is 11.7. The quantitative estimate of drug-likeness (QED) is 0.368. The Balaban J connectivity index is 0.00000312. The summed E-state index contributed by atoms with van der Waals surface area (Å²) in [6.07, 6.45) is 0.775. The SMILES string of the molecule is CCN1CCN(CCNC(=NC)NCCc2cccc(F)c2)CC1.I. The fourth-order valence-corrected chi connectivity index (χ4v) is 2.90. The second-order valence-electron chi connectivity index (χ2n) is 6.08. The molecular formula is C18H31FIN5. The fraction of sp³-hybridized carbons (Fsp3) is 0.611. The Morgan fingerprint density at radius 1 is 1.12 bits per heavy atom. The number of piperazine rings is 1. The van der Waals surface area contributed by atoms with Crippen LogP contribution < -0.4 is 10.6 Å². The molecule has 1 heterocycles. The van der Waals surface area contributed by atoms with Gasteiger partial charge in [-0.25, -0.2) is 4.39 Å². The molecule has 5 nitrogen and oxygen atoms in total. The van der Waals surface area contributed by atoms with Gasteiger partial charge < -0.3 is 15.5 Å². The molecule has 0 spiro atoms. The van der Waals surface area contributed by atoms with Crippen molar-refractivity contribution in [1.82, 2.24) is 20.4 Å². The lowest BCUT2D eigenvalue weighted by molar-refractivity contribution is 0.139. The molecule has 0 aliphatic carbocycles. The van der Waals surface area contributed by atoms with Gasteiger partial charge >= 0.3 is 0 Å². The lowest BCUT2D eigenvalue weighted by atomic mass is 10.1. The highest BCUT2D eigenvalue weighted by Crippen LogP contribution is 2.03. The maximum Gasteiger partial charge on any atom is 0.191 e. The van der Waals surface area contributed by atoms with Crippen LogP contribution in [0.1, 0.15) is 12.5 Å². The predicted molar refractivity (Wildman–Crippen MR) is 113 cm³/mol. The number of benzene rings is 1. The monoisotopic (exact) mass is 463 g/mol. The maximum absolute atomic E-state index is 13.1. The Morgan fingerprint density at radius 3 is 2.44 bits per heavy atom. The molecule has 1 fully saturated rings. The van der Waals surface area contributed by atoms with Crippen molar-refractivity contribution < 1.29 is 4.39 Å². The highest BCUT2D eigenvalue weighted by molar-refractivity contribution is 14.0. The van der Waals surface area contributed by atoms with E-state index in [-0.39, 0.29) is 29.8 Å². The zero-order valence-corrected chi connectivity index (χ0v) is 17.6. The topological polar surface area (TPSA) is 42.9 Å². The van der Waals surface area contributed by atoms with Crippen LogP contribution in [0.15, 0.2) is 29.3 Å². The van der Waals surface area contributed by atoms with Crippen molar-refractivity contribution in [2.75, 3.05) is 59.4 Å². The van der Waals surface area contributed by atoms with E-state index in [1.807, 2.05) is 6.07 Å². The summed E-state index contributed by atoms with van der Waals surface area (Å²) in [4.78, 5) is 9.21. The van der Waals surface area contributed by atoms with E-state index in [0.29, 0.717) is 0 Å². The third kappa shape index (κ3) is 8.33. The van der Waals surface area contributed by atoms with Gasteiger partial charge in [0.25, 0.3) is 0 Å². The number of hydrogen-bond acceptors (Lipinski definition) is 3. The molecule has 1 aliphatic rings. The van der Waals surface area contributed by atoms with Crippen molar-refractivity contribution in [3.8, 4) is 0 Å². The van der Waals surface area contributed by atoms with E-state index < -0.39 is 0 Å². The molecule has 7 heteroatoms. The Labute approximate surface area is 168 Å². The van der Waals surface area contributed by atoms with Gasteiger partial charge in [0.05, 0.1) is 0 Å². The summed E-state index contributed by atoms with van der Waals surface area (Å²) in [5.41, 5.74) is 0.992. The molecular weight excluding hydrogens is 432 g/mol. The van der Waals surface area contributed by atoms with Gasteiger partial charge in [-0.15, -0.1) is 24.0 Å². The molecule has 0 unspecified atom stereocenters. The molecule has 25 heavy (non-hydrogen) atoms. The van der Waals surface area contributed by atoms with Crippen molar-refractivity contribution in [3.63, 3.8) is 0 Å². The minimum atomic E-state index is -0.182. The standard InChI is InChI=1S/C18H30FN5.HI/c1-3-23-11-13-24(14-12-23)10-9-22-18(20-2)21-8-7-16-5-4-6-17(19)15-16;/h4-6,15H,3,7-14H2,1-2H3,(H2,20,21,22);1H. The highest BCUT2D eigenvalue weighted by Gasteiger charge is 2.14. The number of halogens is 2. The van der Waals surface area contributed by atoms with Gasteiger partial charge in [0.2, 0.25) is 0 Å². The lowest BCUT2D eigenvalue weighted by Gasteiger charge is -2.34. The maximum atomic E-state index is 13.1. The van der Waals surface area contributed by atoms with E-state index >= 15 is 0 Å². The summed E-state index contributed by atoms with van der Waals surface area (Å²) in [5.74, 6) is 0.622. The van der Waals surface area contributed by atoms with Gasteiger partial charge in [-0.05, 0) is 30.7 Å². The van der Waals surface area contributed by atoms with Crippen LogP contribution in [-0.4, -0.2) is 75.2 Å². The zero-order valence-electron chi connectivity index (χ0n) is 15.3. The van der Waals surface area contributed by atoms with Gasteiger partial charge in [-0.3, -0.25) is 9.89 Å². The number of rotatable bonds is 7. The van der Waals surface area contributed by atoms with Crippen LogP contribution in [0, 0.1) is 5.82 Å². The molecule has 142 valence electrons. The summed E-state index contributed by atoms with van der Waals surface area (Å²) in [6.45, 7) is 10.6. The number of likely N-dealkylation sites (N-methyl/N-ethyl adjacent to an activating group) is 1. The number of nitrogens with one attached hydrogen (secondary N) is 2. The van der Waals surface area contributed by atoms with Crippen LogP contribution >= 0.6 is 24.0 Å². The number of hydrogen-bond donors (Lipinski definition) is 2. The van der Waals surface area contributed by atoms with Crippen molar-refractivity contribution >= 4 is 29.9 Å². The summed E-state index contributed by atoms with van der Waals surface area (Å²) in [6, 6.07) is 6.73. The molecule has 0 aromatic heterocycles. The molecule has 2 rings (SSSR count). The first-order valence-electron chi connectivity index (χ1n) is 8.85. The third-order valence-electron chi connectivity index (χ3n) is 4.45. The molecule has 0 bridgehead atoms. The van der Waals surface area contributed by atoms with Crippen LogP contribution in [0.2, 0.25) is 0 Å². The van der Waals surface area contributed by atoms with Gasteiger partial charge in [0, 0.05) is 52.9 Å². The minimum absolute atomic E-state index is 0. The number of guanidine groups is 1. The average molecular weight is 463 g/mol. The molecule has 1 aromatic carbocycles. The van der Waals surface area contributed by atoms with Crippen molar-refractivity contribution in [2.24, 2.45) is 4.99 Å². The van der Waals surface area contributed by atoms with E-state index in [1.54, 1.807) is 19.2 Å². The van der Waals surface area contributed by atoms with Gasteiger partial charge in [-0.1, -0.05) is 19.1 Å². The third-order valence-corrected chi connectivity index (χ3v) is 4.45. The molecule has 2 N–H and O–H groups in total. The van der Waals surface area contributed by atoms with E-state index in [9.17, 15) is 4.39 Å². The highest BCUT2D eigenvalue weighted by atomic mass is 127. The second kappa shape index (κ2) is 12.4. The van der Waals surface area contributed by atoms with E-state index in [0.717, 1.165) is 70.3 Å². The predicted octanol–water partition coefficient (Wildman–Crippen LogP) is 1.79. The summed E-state index contributed by atoms with van der Waals surface area (Å²) in [5, 5.41) is 6.63. The minimum Gasteiger partial charge on any atom is -0.356 e. The van der Waals surface area contributed by atoms with Crippen LogP contribution in [0.5, 0.6) is 0 Å². The fourth-order valence-electron chi connectivity index (χ4n) is 2.90. The van der Waals surface area contributed by atoms with Crippen LogP contribution in [-0.2, 0) is 6.42 Å². The Hall–Kier alpha value is -0.930. The first-order valence-corrected chi connectivity index (χ1v) is 8.85. The molecule has 0 amide bonds. The van der Waals surface area contributed by atoms with Gasteiger partial charge in [0.15, 0.2) is 5.96 Å². The molecule has 1 saturated heterocycles. The smallest absolute Gasteiger partial charge is 0.191 e. The van der Waals surface area contributed by atoms with Crippen molar-refractivity contribution in [2.45, 2.75) is 13.3 Å². The second-order valence-corrected chi connectivity index (χ2v) is 6.08. The van der Waals surface area contributed by atoms with E-state index in [4.69, 9.17) is 0 Å². The molecule has 1 aromatic rings.